The highest BCUT2D eigenvalue weighted by atomic mass is 32.1. The first-order chi connectivity index (χ1) is 13.8. The highest BCUT2D eigenvalue weighted by Gasteiger charge is 2.17. The number of hydrogen-bond donors (Lipinski definition) is 0. The van der Waals surface area contributed by atoms with Gasteiger partial charge in [0.25, 0.3) is 5.91 Å². The van der Waals surface area contributed by atoms with Crippen molar-refractivity contribution in [1.82, 2.24) is 14.7 Å². The molecule has 154 valence electrons. The molecule has 3 rings (SSSR count). The number of ether oxygens (including phenoxy) is 1. The average molecular weight is 412 g/mol. The summed E-state index contributed by atoms with van der Waals surface area (Å²) in [5, 5.41) is 6.36. The molecule has 1 amide bonds. The Bertz CT molecular complexity index is 996. The molecule has 6 heteroatoms. The zero-order chi connectivity index (χ0) is 21.1. The van der Waals surface area contributed by atoms with E-state index in [0.29, 0.717) is 13.2 Å². The zero-order valence-corrected chi connectivity index (χ0v) is 18.9. The SMILES string of the molecule is CCn1ncc(CN(C)C(=O)c2cc(COc3c(C)cc(C)cc3C)cs2)c1C. The first-order valence-electron chi connectivity index (χ1n) is 9.85. The second-order valence-corrected chi connectivity index (χ2v) is 8.48. The minimum Gasteiger partial charge on any atom is -0.488 e. The average Bonchev–Trinajstić information content (AvgIpc) is 3.27. The summed E-state index contributed by atoms with van der Waals surface area (Å²) >= 11 is 1.46. The molecule has 1 aromatic carbocycles. The van der Waals surface area contributed by atoms with Gasteiger partial charge in [0.2, 0.25) is 0 Å². The third-order valence-electron chi connectivity index (χ3n) is 5.11. The van der Waals surface area contributed by atoms with Gasteiger partial charge in [-0.3, -0.25) is 9.48 Å². The van der Waals surface area contributed by atoms with Gasteiger partial charge in [0.05, 0.1) is 11.1 Å². The number of hydrogen-bond acceptors (Lipinski definition) is 4. The van der Waals surface area contributed by atoms with Crippen LogP contribution in [0.1, 0.15) is 50.1 Å². The van der Waals surface area contributed by atoms with Crippen molar-refractivity contribution in [3.63, 3.8) is 0 Å². The van der Waals surface area contributed by atoms with Crippen molar-refractivity contribution in [3.05, 3.63) is 68.2 Å². The lowest BCUT2D eigenvalue weighted by Crippen LogP contribution is -2.25. The van der Waals surface area contributed by atoms with Gasteiger partial charge in [-0.15, -0.1) is 11.3 Å². The Balaban J connectivity index is 1.64. The summed E-state index contributed by atoms with van der Waals surface area (Å²) in [6, 6.07) is 6.19. The van der Waals surface area contributed by atoms with Crippen molar-refractivity contribution in [2.45, 2.75) is 54.3 Å². The smallest absolute Gasteiger partial charge is 0.263 e. The molecule has 5 nitrogen and oxygen atoms in total. The zero-order valence-electron chi connectivity index (χ0n) is 18.1. The number of aromatic nitrogens is 2. The van der Waals surface area contributed by atoms with Crippen molar-refractivity contribution < 1.29 is 9.53 Å². The number of amides is 1. The van der Waals surface area contributed by atoms with Gasteiger partial charge in [-0.1, -0.05) is 17.7 Å². The Morgan fingerprint density at radius 1 is 1.17 bits per heavy atom. The fourth-order valence-electron chi connectivity index (χ4n) is 3.59. The van der Waals surface area contributed by atoms with Crippen molar-refractivity contribution in [3.8, 4) is 5.75 Å². The van der Waals surface area contributed by atoms with E-state index in [1.54, 1.807) is 4.90 Å². The predicted octanol–water partition coefficient (Wildman–Crippen LogP) is 5.05. The van der Waals surface area contributed by atoms with Crippen molar-refractivity contribution in [1.29, 1.82) is 0 Å². The lowest BCUT2D eigenvalue weighted by Gasteiger charge is -2.16. The van der Waals surface area contributed by atoms with E-state index in [4.69, 9.17) is 4.74 Å². The first kappa shape index (κ1) is 21.1. The summed E-state index contributed by atoms with van der Waals surface area (Å²) in [6.45, 7) is 12.2. The lowest BCUT2D eigenvalue weighted by atomic mass is 10.1. The molecule has 0 radical (unpaired) electrons. The van der Waals surface area contributed by atoms with Crippen LogP contribution in [0.2, 0.25) is 0 Å². The highest BCUT2D eigenvalue weighted by molar-refractivity contribution is 7.12. The summed E-state index contributed by atoms with van der Waals surface area (Å²) in [4.78, 5) is 15.3. The van der Waals surface area contributed by atoms with Gasteiger partial charge in [-0.05, 0) is 57.2 Å². The van der Waals surface area contributed by atoms with Crippen LogP contribution in [0, 0.1) is 27.7 Å². The molecule has 0 bridgehead atoms. The first-order valence-corrected chi connectivity index (χ1v) is 10.7. The van der Waals surface area contributed by atoms with Crippen LogP contribution in [-0.4, -0.2) is 27.6 Å². The second-order valence-electron chi connectivity index (χ2n) is 7.57. The van der Waals surface area contributed by atoms with E-state index in [9.17, 15) is 4.79 Å². The van der Waals surface area contributed by atoms with Crippen molar-refractivity contribution >= 4 is 17.2 Å². The molecule has 2 heterocycles. The van der Waals surface area contributed by atoms with E-state index in [1.807, 2.05) is 36.3 Å². The van der Waals surface area contributed by atoms with Gasteiger partial charge in [-0.25, -0.2) is 0 Å². The van der Waals surface area contributed by atoms with Crippen LogP contribution in [0.25, 0.3) is 0 Å². The molecule has 0 saturated heterocycles. The predicted molar refractivity (Wildman–Crippen MR) is 118 cm³/mol. The number of aryl methyl sites for hydroxylation is 4. The minimum atomic E-state index is 0.0209. The number of carbonyl (C=O) groups is 1. The maximum Gasteiger partial charge on any atom is 0.263 e. The van der Waals surface area contributed by atoms with Gasteiger partial charge in [-0.2, -0.15) is 5.10 Å². The number of carbonyl (C=O) groups excluding carboxylic acids is 1. The number of nitrogens with zero attached hydrogens (tertiary/aromatic N) is 3. The van der Waals surface area contributed by atoms with E-state index in [1.165, 1.54) is 16.9 Å². The number of thiophene rings is 1. The van der Waals surface area contributed by atoms with Gasteiger partial charge in [0.1, 0.15) is 12.4 Å². The Morgan fingerprint density at radius 3 is 2.48 bits per heavy atom. The van der Waals surface area contributed by atoms with Crippen LogP contribution in [0.5, 0.6) is 5.75 Å². The van der Waals surface area contributed by atoms with Gasteiger partial charge in [0, 0.05) is 37.0 Å². The molecule has 0 spiro atoms. The third kappa shape index (κ3) is 4.70. The summed E-state index contributed by atoms with van der Waals surface area (Å²) in [7, 11) is 1.83. The van der Waals surface area contributed by atoms with Crippen LogP contribution in [0.3, 0.4) is 0 Å². The van der Waals surface area contributed by atoms with Crippen LogP contribution in [-0.2, 0) is 19.7 Å². The minimum absolute atomic E-state index is 0.0209. The van der Waals surface area contributed by atoms with Crippen LogP contribution in [0.4, 0.5) is 0 Å². The molecule has 0 saturated carbocycles. The third-order valence-corrected chi connectivity index (χ3v) is 6.08. The summed E-state index contributed by atoms with van der Waals surface area (Å²) in [6.07, 6.45) is 1.85. The Hall–Kier alpha value is -2.60. The van der Waals surface area contributed by atoms with E-state index in [0.717, 1.165) is 45.1 Å². The quantitative estimate of drug-likeness (QED) is 0.547. The van der Waals surface area contributed by atoms with Crippen LogP contribution in [0.15, 0.2) is 29.8 Å². The Morgan fingerprint density at radius 2 is 1.86 bits per heavy atom. The summed E-state index contributed by atoms with van der Waals surface area (Å²) < 4.78 is 8.01. The highest BCUT2D eigenvalue weighted by Crippen LogP contribution is 2.26. The van der Waals surface area contributed by atoms with Gasteiger partial charge < -0.3 is 9.64 Å². The topological polar surface area (TPSA) is 47.4 Å². The van der Waals surface area contributed by atoms with Crippen molar-refractivity contribution in [2.75, 3.05) is 7.05 Å². The molecule has 3 aromatic rings. The van der Waals surface area contributed by atoms with Crippen LogP contribution < -0.4 is 4.74 Å². The van der Waals surface area contributed by atoms with E-state index < -0.39 is 0 Å². The summed E-state index contributed by atoms with van der Waals surface area (Å²) in [5.74, 6) is 0.947. The van der Waals surface area contributed by atoms with E-state index in [-0.39, 0.29) is 5.91 Å². The number of rotatable bonds is 7. The fraction of sp³-hybridized carbons (Fsp3) is 0.391. The van der Waals surface area contributed by atoms with E-state index in [2.05, 4.69) is 44.9 Å². The molecular weight excluding hydrogens is 382 g/mol. The Kier molecular flexibility index (Phi) is 6.42. The molecular formula is C23H29N3O2S. The Labute approximate surface area is 176 Å². The second kappa shape index (κ2) is 8.82. The summed E-state index contributed by atoms with van der Waals surface area (Å²) in [5.41, 5.74) is 6.71. The lowest BCUT2D eigenvalue weighted by molar-refractivity contribution is 0.0789. The van der Waals surface area contributed by atoms with Crippen LogP contribution >= 0.6 is 11.3 Å². The van der Waals surface area contributed by atoms with Crippen molar-refractivity contribution in [2.24, 2.45) is 0 Å². The molecule has 0 aliphatic heterocycles. The van der Waals surface area contributed by atoms with E-state index >= 15 is 0 Å². The normalized spacial score (nSPS) is 11.0. The molecule has 0 atom stereocenters. The maximum absolute atomic E-state index is 12.8. The molecule has 29 heavy (non-hydrogen) atoms. The molecule has 0 aliphatic rings. The maximum atomic E-state index is 12.8. The molecule has 2 aromatic heterocycles. The number of benzene rings is 1. The monoisotopic (exact) mass is 411 g/mol. The van der Waals surface area contributed by atoms with Gasteiger partial charge >= 0.3 is 0 Å². The molecule has 0 N–H and O–H groups in total. The largest absolute Gasteiger partial charge is 0.488 e. The molecule has 0 fully saturated rings. The molecule has 0 unspecified atom stereocenters. The standard InChI is InChI=1S/C23H29N3O2S/c1-7-26-18(5)20(11-24-26)12-25(6)23(27)21-10-19(14-29-21)13-28-22-16(3)8-15(2)9-17(22)4/h8-11,14H,7,12-13H2,1-6H3. The van der Waals surface area contributed by atoms with Gasteiger partial charge in [0.15, 0.2) is 0 Å². The fourth-order valence-corrected chi connectivity index (χ4v) is 4.48. The molecule has 0 aliphatic carbocycles.